The molecule has 1 unspecified atom stereocenters. The third-order valence-electron chi connectivity index (χ3n) is 4.37. The molecule has 3 rings (SSSR count). The topological polar surface area (TPSA) is 49.7 Å². The first-order chi connectivity index (χ1) is 12.8. The van der Waals surface area contributed by atoms with Crippen LogP contribution in [0, 0.1) is 4.91 Å². The van der Waals surface area contributed by atoms with Gasteiger partial charge >= 0.3 is 0 Å². The van der Waals surface area contributed by atoms with Gasteiger partial charge in [-0.05, 0) is 16.7 Å². The molecule has 3 nitrogen and oxygen atoms in total. The summed E-state index contributed by atoms with van der Waals surface area (Å²) in [7, 11) is 0. The zero-order chi connectivity index (χ0) is 18.2. The number of aliphatic hydroxyl groups is 1. The van der Waals surface area contributed by atoms with Gasteiger partial charge < -0.3 is 5.11 Å². The molecule has 26 heavy (non-hydrogen) atoms. The highest BCUT2D eigenvalue weighted by Crippen LogP contribution is 2.50. The van der Waals surface area contributed by atoms with Crippen LogP contribution in [0.2, 0.25) is 0 Å². The molecule has 0 radical (unpaired) electrons. The number of nitrogens with zero attached hydrogens (tertiary/aromatic N) is 1. The van der Waals surface area contributed by atoms with Crippen LogP contribution in [0.1, 0.15) is 16.7 Å². The SMILES string of the molecule is O=NCC(CO)SC(c1ccccc1)(c1ccccc1)c1ccccc1. The van der Waals surface area contributed by atoms with Gasteiger partial charge in [0.25, 0.3) is 0 Å². The molecule has 3 aromatic rings. The average molecular weight is 363 g/mol. The Morgan fingerprint density at radius 3 is 1.46 bits per heavy atom. The quantitative estimate of drug-likeness (QED) is 0.460. The van der Waals surface area contributed by atoms with Gasteiger partial charge in [0.2, 0.25) is 0 Å². The summed E-state index contributed by atoms with van der Waals surface area (Å²) in [6.07, 6.45) is 0. The number of rotatable bonds is 8. The molecule has 3 aromatic carbocycles. The van der Waals surface area contributed by atoms with Gasteiger partial charge in [0, 0.05) is 0 Å². The van der Waals surface area contributed by atoms with Crippen molar-refractivity contribution in [2.75, 3.05) is 13.2 Å². The second-order valence-corrected chi connectivity index (χ2v) is 7.53. The Kier molecular flexibility index (Phi) is 6.21. The van der Waals surface area contributed by atoms with E-state index in [9.17, 15) is 10.0 Å². The summed E-state index contributed by atoms with van der Waals surface area (Å²) in [6.45, 7) is -0.0416. The van der Waals surface area contributed by atoms with E-state index in [0.29, 0.717) is 0 Å². The molecule has 0 aliphatic heterocycles. The molecule has 0 amide bonds. The van der Waals surface area contributed by atoms with Crippen molar-refractivity contribution in [1.29, 1.82) is 0 Å². The average Bonchev–Trinajstić information content (AvgIpc) is 2.73. The Morgan fingerprint density at radius 1 is 0.769 bits per heavy atom. The standard InChI is InChI=1S/C22H21NO2S/c24-17-21(16-23-25)26-22(18-10-4-1-5-11-18,19-12-6-2-7-13-19)20-14-8-3-9-15-20/h1-15,21,24H,16-17H2. The minimum Gasteiger partial charge on any atom is -0.395 e. The lowest BCUT2D eigenvalue weighted by Gasteiger charge is -2.37. The molecule has 132 valence electrons. The molecule has 0 heterocycles. The maximum atomic E-state index is 10.9. The van der Waals surface area contributed by atoms with Crippen molar-refractivity contribution in [1.82, 2.24) is 0 Å². The predicted octanol–water partition coefficient (Wildman–Crippen LogP) is 4.84. The molecule has 0 saturated carbocycles. The van der Waals surface area contributed by atoms with E-state index in [1.54, 1.807) is 11.8 Å². The van der Waals surface area contributed by atoms with Crippen molar-refractivity contribution in [2.45, 2.75) is 10.00 Å². The molecule has 0 spiro atoms. The molecule has 0 aliphatic rings. The highest BCUT2D eigenvalue weighted by Gasteiger charge is 2.39. The first-order valence-corrected chi connectivity index (χ1v) is 9.43. The van der Waals surface area contributed by atoms with E-state index in [1.807, 2.05) is 54.6 Å². The van der Waals surface area contributed by atoms with Crippen LogP contribution >= 0.6 is 11.8 Å². The van der Waals surface area contributed by atoms with Crippen molar-refractivity contribution in [3.63, 3.8) is 0 Å². The minimum absolute atomic E-state index is 0.0649. The largest absolute Gasteiger partial charge is 0.395 e. The van der Waals surface area contributed by atoms with Crippen molar-refractivity contribution in [3.8, 4) is 0 Å². The van der Waals surface area contributed by atoms with Gasteiger partial charge in [-0.25, -0.2) is 0 Å². The zero-order valence-corrected chi connectivity index (χ0v) is 15.2. The molecule has 0 aliphatic carbocycles. The van der Waals surface area contributed by atoms with Crippen molar-refractivity contribution < 1.29 is 5.11 Å². The summed E-state index contributed by atoms with van der Waals surface area (Å²) < 4.78 is -0.540. The molecular weight excluding hydrogens is 342 g/mol. The second kappa shape index (κ2) is 8.79. The summed E-state index contributed by atoms with van der Waals surface area (Å²) >= 11 is 1.58. The molecule has 1 N–H and O–H groups in total. The Bertz CT molecular complexity index is 713. The van der Waals surface area contributed by atoms with Gasteiger partial charge in [0.05, 0.1) is 23.1 Å². The smallest absolute Gasteiger partial charge is 0.0952 e. The highest BCUT2D eigenvalue weighted by atomic mass is 32.2. The van der Waals surface area contributed by atoms with E-state index < -0.39 is 4.75 Å². The minimum atomic E-state index is -0.540. The van der Waals surface area contributed by atoms with E-state index in [2.05, 4.69) is 41.6 Å². The summed E-state index contributed by atoms with van der Waals surface area (Å²) in [4.78, 5) is 10.9. The second-order valence-electron chi connectivity index (χ2n) is 6.01. The van der Waals surface area contributed by atoms with Gasteiger partial charge in [-0.3, -0.25) is 0 Å². The molecule has 0 aromatic heterocycles. The Hall–Kier alpha value is -2.43. The van der Waals surface area contributed by atoms with Gasteiger partial charge in [-0.1, -0.05) is 96.2 Å². The number of hydrogen-bond donors (Lipinski definition) is 1. The number of thioether (sulfide) groups is 1. The van der Waals surface area contributed by atoms with E-state index >= 15 is 0 Å². The van der Waals surface area contributed by atoms with Crippen LogP contribution in [0.15, 0.2) is 96.2 Å². The summed E-state index contributed by atoms with van der Waals surface area (Å²) in [5.41, 5.74) is 3.31. The fourth-order valence-corrected chi connectivity index (χ4v) is 4.71. The summed E-state index contributed by atoms with van der Waals surface area (Å²) in [5, 5.41) is 12.6. The van der Waals surface area contributed by atoms with Crippen molar-refractivity contribution >= 4 is 11.8 Å². The highest BCUT2D eigenvalue weighted by molar-refractivity contribution is 8.01. The van der Waals surface area contributed by atoms with Gasteiger partial charge in [0.1, 0.15) is 0 Å². The third-order valence-corrected chi connectivity index (χ3v) is 6.06. The number of aliphatic hydroxyl groups excluding tert-OH is 1. The first kappa shape index (κ1) is 18.4. The molecule has 4 heteroatoms. The Morgan fingerprint density at radius 2 is 1.15 bits per heavy atom. The molecule has 0 saturated heterocycles. The fraction of sp³-hybridized carbons (Fsp3) is 0.182. The molecular formula is C22H21NO2S. The number of benzene rings is 3. The number of hydrogen-bond acceptors (Lipinski definition) is 4. The monoisotopic (exact) mass is 363 g/mol. The van der Waals surface area contributed by atoms with Crippen LogP contribution in [0.5, 0.6) is 0 Å². The number of nitroso groups, excluding NO2 is 1. The van der Waals surface area contributed by atoms with E-state index in [4.69, 9.17) is 0 Å². The van der Waals surface area contributed by atoms with E-state index in [0.717, 1.165) is 16.7 Å². The first-order valence-electron chi connectivity index (χ1n) is 8.55. The molecule has 0 fully saturated rings. The lowest BCUT2D eigenvalue weighted by Crippen LogP contribution is -2.30. The van der Waals surface area contributed by atoms with Crippen LogP contribution in [0.4, 0.5) is 0 Å². The summed E-state index contributed by atoms with van der Waals surface area (Å²) in [6, 6.07) is 30.6. The van der Waals surface area contributed by atoms with Crippen molar-refractivity contribution in [2.24, 2.45) is 5.18 Å². The van der Waals surface area contributed by atoms with Gasteiger partial charge in [0.15, 0.2) is 0 Å². The van der Waals surface area contributed by atoms with Crippen LogP contribution in [0.3, 0.4) is 0 Å². The van der Waals surface area contributed by atoms with Crippen LogP contribution in [-0.4, -0.2) is 23.5 Å². The van der Waals surface area contributed by atoms with Crippen molar-refractivity contribution in [3.05, 3.63) is 113 Å². The predicted molar refractivity (Wildman–Crippen MR) is 108 cm³/mol. The van der Waals surface area contributed by atoms with Crippen LogP contribution in [0.25, 0.3) is 0 Å². The lowest BCUT2D eigenvalue weighted by molar-refractivity contribution is 0.296. The van der Waals surface area contributed by atoms with E-state index in [1.165, 1.54) is 0 Å². The maximum absolute atomic E-state index is 10.9. The molecule has 1 atom stereocenters. The Labute approximate surface area is 158 Å². The molecule has 0 bridgehead atoms. The Balaban J connectivity index is 2.26. The van der Waals surface area contributed by atoms with Gasteiger partial charge in [-0.15, -0.1) is 11.8 Å². The zero-order valence-electron chi connectivity index (χ0n) is 14.4. The van der Waals surface area contributed by atoms with E-state index in [-0.39, 0.29) is 18.4 Å². The van der Waals surface area contributed by atoms with Crippen LogP contribution in [-0.2, 0) is 4.75 Å². The maximum Gasteiger partial charge on any atom is 0.0952 e. The third kappa shape index (κ3) is 3.71. The normalized spacial score (nSPS) is 12.5. The lowest BCUT2D eigenvalue weighted by atomic mass is 9.84. The summed E-state index contributed by atoms with van der Waals surface area (Å²) in [5.74, 6) is 0. The van der Waals surface area contributed by atoms with Crippen LogP contribution < -0.4 is 0 Å². The van der Waals surface area contributed by atoms with Gasteiger partial charge in [-0.2, -0.15) is 4.91 Å². The fourth-order valence-electron chi connectivity index (χ4n) is 3.19.